The van der Waals surface area contributed by atoms with Crippen LogP contribution in [0.1, 0.15) is 73.6 Å². The third-order valence-electron chi connectivity index (χ3n) is 6.68. The fraction of sp³-hybridized carbons (Fsp3) is 0.889. The predicted molar refractivity (Wildman–Crippen MR) is 104 cm³/mol. The van der Waals surface area contributed by atoms with Gasteiger partial charge in [-0.05, 0) is 33.6 Å². The maximum Gasteiger partial charge on any atom is 0.0757 e. The minimum Gasteiger partial charge on any atom is -0.308 e. The van der Waals surface area contributed by atoms with Crippen LogP contribution in [0.3, 0.4) is 0 Å². The van der Waals surface area contributed by atoms with Crippen LogP contribution >= 0.6 is 0 Å². The van der Waals surface area contributed by atoms with Crippen LogP contribution in [-0.2, 0) is 0 Å². The molecule has 0 aliphatic heterocycles. The number of nitrogens with one attached hydrogen (secondary N) is 1. The van der Waals surface area contributed by atoms with Crippen LogP contribution < -0.4 is 5.32 Å². The second-order valence-corrected chi connectivity index (χ2v) is 14.7. The molecular weight excluding hydrogens is 286 g/mol. The molecule has 1 aliphatic rings. The van der Waals surface area contributed by atoms with E-state index >= 15 is 0 Å². The molecule has 0 saturated heterocycles. The third kappa shape index (κ3) is 3.91. The van der Waals surface area contributed by atoms with E-state index in [-0.39, 0.29) is 0 Å². The van der Waals surface area contributed by atoms with Gasteiger partial charge in [-0.3, -0.25) is 0 Å². The summed E-state index contributed by atoms with van der Waals surface area (Å²) < 4.78 is 0. The molecule has 1 nitrogen and oxygen atoms in total. The number of allylic oxidation sites excluding steroid dienone is 1. The van der Waals surface area contributed by atoms with Crippen molar-refractivity contribution >= 4 is 18.3 Å². The lowest BCUT2D eigenvalue weighted by Crippen LogP contribution is -2.68. The molecule has 1 aliphatic carbocycles. The lowest BCUT2D eigenvalue weighted by atomic mass is 9.93. The normalized spacial score (nSPS) is 22.0. The number of hydrogen-bond acceptors (Lipinski definition) is 1. The maximum absolute atomic E-state index is 4.23. The quantitative estimate of drug-likeness (QED) is 0.685. The van der Waals surface area contributed by atoms with Crippen molar-refractivity contribution in [2.45, 2.75) is 103 Å². The van der Waals surface area contributed by atoms with Crippen molar-refractivity contribution in [1.82, 2.24) is 5.32 Å². The van der Waals surface area contributed by atoms with E-state index < -0.39 is 8.07 Å². The Morgan fingerprint density at radius 1 is 1.05 bits per heavy atom. The van der Waals surface area contributed by atoms with Crippen molar-refractivity contribution in [2.24, 2.45) is 0 Å². The van der Waals surface area contributed by atoms with Crippen molar-refractivity contribution in [3.63, 3.8) is 0 Å². The van der Waals surface area contributed by atoms with Crippen LogP contribution in [0.2, 0.25) is 18.1 Å². The molecule has 1 rings (SSSR count). The Bertz CT molecular complexity index is 340. The van der Waals surface area contributed by atoms with E-state index in [2.05, 4.69) is 46.9 Å². The van der Waals surface area contributed by atoms with E-state index in [1.54, 1.807) is 10.8 Å². The molecular formula is C18H39NSi2. The van der Waals surface area contributed by atoms with Gasteiger partial charge in [-0.1, -0.05) is 68.9 Å². The van der Waals surface area contributed by atoms with Gasteiger partial charge in [-0.2, -0.15) is 0 Å². The van der Waals surface area contributed by atoms with Gasteiger partial charge in [0.05, 0.1) is 8.07 Å². The molecule has 0 radical (unpaired) electrons. The SMILES string of the molecule is CC[Si](CC)(CC)C1(NC(C)C(C)=C(C)[SiH3])CCCCC1. The van der Waals surface area contributed by atoms with Crippen LogP contribution in [0.5, 0.6) is 0 Å². The molecule has 21 heavy (non-hydrogen) atoms. The summed E-state index contributed by atoms with van der Waals surface area (Å²) in [6.45, 7) is 14.5. The zero-order valence-corrected chi connectivity index (χ0v) is 18.7. The minimum absolute atomic E-state index is 0.501. The smallest absolute Gasteiger partial charge is 0.0757 e. The molecule has 1 N–H and O–H groups in total. The van der Waals surface area contributed by atoms with Gasteiger partial charge in [0, 0.05) is 21.4 Å². The summed E-state index contributed by atoms with van der Waals surface area (Å²) >= 11 is 0. The molecule has 3 heteroatoms. The monoisotopic (exact) mass is 325 g/mol. The zero-order valence-electron chi connectivity index (χ0n) is 15.7. The molecule has 0 aromatic carbocycles. The summed E-state index contributed by atoms with van der Waals surface area (Å²) in [5.74, 6) is 0. The van der Waals surface area contributed by atoms with Gasteiger partial charge in [0.15, 0.2) is 0 Å². The summed E-state index contributed by atoms with van der Waals surface area (Å²) in [5, 5.41) is 6.36. The van der Waals surface area contributed by atoms with Gasteiger partial charge in [0.2, 0.25) is 0 Å². The fourth-order valence-corrected chi connectivity index (χ4v) is 10.6. The van der Waals surface area contributed by atoms with E-state index in [1.807, 2.05) is 0 Å². The van der Waals surface area contributed by atoms with Crippen LogP contribution in [0.4, 0.5) is 0 Å². The Hall–Kier alpha value is 0.134. The molecule has 1 fully saturated rings. The second-order valence-electron chi connectivity index (χ2n) is 7.53. The molecule has 1 unspecified atom stereocenters. The molecule has 0 bridgehead atoms. The Morgan fingerprint density at radius 3 is 1.90 bits per heavy atom. The van der Waals surface area contributed by atoms with Crippen molar-refractivity contribution in [1.29, 1.82) is 0 Å². The molecule has 1 saturated carbocycles. The zero-order chi connectivity index (χ0) is 16.1. The standard InChI is InChI=1S/C18H39NSi2/c1-7-21(8-2,9-3)18(13-11-10-12-14-18)19-16(5)15(4)17(6)20/h16,19H,7-14H2,1-6,20H3. The van der Waals surface area contributed by atoms with E-state index in [1.165, 1.54) is 60.5 Å². The number of hydrogen-bond donors (Lipinski definition) is 1. The summed E-state index contributed by atoms with van der Waals surface area (Å²) in [6, 6.07) is 4.91. The van der Waals surface area contributed by atoms with E-state index in [0.29, 0.717) is 11.2 Å². The average Bonchev–Trinajstić information content (AvgIpc) is 2.49. The Balaban J connectivity index is 3.12. The van der Waals surface area contributed by atoms with Crippen LogP contribution in [-0.4, -0.2) is 29.5 Å². The van der Waals surface area contributed by atoms with Gasteiger partial charge in [0.1, 0.15) is 0 Å². The van der Waals surface area contributed by atoms with Crippen molar-refractivity contribution in [3.05, 3.63) is 10.8 Å². The Kier molecular flexibility index (Phi) is 7.41. The minimum atomic E-state index is -1.23. The van der Waals surface area contributed by atoms with Gasteiger partial charge < -0.3 is 5.32 Å². The highest BCUT2D eigenvalue weighted by atomic mass is 28.3. The van der Waals surface area contributed by atoms with E-state index in [9.17, 15) is 0 Å². The largest absolute Gasteiger partial charge is 0.308 e. The molecule has 0 spiro atoms. The highest BCUT2D eigenvalue weighted by Crippen LogP contribution is 2.42. The van der Waals surface area contributed by atoms with Crippen LogP contribution in [0.25, 0.3) is 0 Å². The van der Waals surface area contributed by atoms with Crippen molar-refractivity contribution < 1.29 is 0 Å². The summed E-state index contributed by atoms with van der Waals surface area (Å²) in [4.78, 5) is 0. The second kappa shape index (κ2) is 8.12. The van der Waals surface area contributed by atoms with Gasteiger partial charge in [-0.25, -0.2) is 0 Å². The Labute approximate surface area is 137 Å². The molecule has 0 aromatic heterocycles. The first-order valence-electron chi connectivity index (χ1n) is 9.29. The Morgan fingerprint density at radius 2 is 1.52 bits per heavy atom. The molecule has 0 amide bonds. The number of rotatable bonds is 7. The highest BCUT2D eigenvalue weighted by molar-refractivity contribution is 6.82. The summed E-state index contributed by atoms with van der Waals surface area (Å²) in [5.41, 5.74) is 1.61. The highest BCUT2D eigenvalue weighted by Gasteiger charge is 2.50. The lowest BCUT2D eigenvalue weighted by Gasteiger charge is -2.53. The third-order valence-corrected chi connectivity index (χ3v) is 14.2. The van der Waals surface area contributed by atoms with E-state index in [0.717, 1.165) is 0 Å². The van der Waals surface area contributed by atoms with Crippen molar-refractivity contribution in [2.75, 3.05) is 0 Å². The van der Waals surface area contributed by atoms with Gasteiger partial charge >= 0.3 is 0 Å². The van der Waals surface area contributed by atoms with Crippen LogP contribution in [0.15, 0.2) is 10.8 Å². The molecule has 0 heterocycles. The first kappa shape index (κ1) is 19.2. The lowest BCUT2D eigenvalue weighted by molar-refractivity contribution is 0.294. The summed E-state index contributed by atoms with van der Waals surface area (Å²) in [7, 11) is -0.0295. The van der Waals surface area contributed by atoms with Crippen molar-refractivity contribution in [3.8, 4) is 0 Å². The van der Waals surface area contributed by atoms with Crippen LogP contribution in [0, 0.1) is 0 Å². The van der Waals surface area contributed by atoms with Gasteiger partial charge in [-0.15, -0.1) is 0 Å². The molecule has 0 aromatic rings. The fourth-order valence-electron chi connectivity index (χ4n) is 4.70. The van der Waals surface area contributed by atoms with Gasteiger partial charge in [0.25, 0.3) is 0 Å². The maximum atomic E-state index is 4.23. The summed E-state index contributed by atoms with van der Waals surface area (Å²) in [6.07, 6.45) is 7.21. The molecule has 1 atom stereocenters. The topological polar surface area (TPSA) is 12.0 Å². The molecule has 124 valence electrons. The first-order valence-corrected chi connectivity index (χ1v) is 12.9. The predicted octanol–water partition coefficient (Wildman–Crippen LogP) is 4.37. The average molecular weight is 326 g/mol. The first-order chi connectivity index (χ1) is 9.88. The van der Waals surface area contributed by atoms with E-state index in [4.69, 9.17) is 0 Å².